The van der Waals surface area contributed by atoms with Crippen LogP contribution >= 0.6 is 0 Å². The summed E-state index contributed by atoms with van der Waals surface area (Å²) >= 11 is 0. The van der Waals surface area contributed by atoms with Crippen LogP contribution in [-0.4, -0.2) is 57.7 Å². The van der Waals surface area contributed by atoms with E-state index in [0.29, 0.717) is 37.6 Å². The van der Waals surface area contributed by atoms with E-state index < -0.39 is 29.7 Å². The number of rotatable bonds is 12. The van der Waals surface area contributed by atoms with Crippen LogP contribution in [0, 0.1) is 0 Å². The third kappa shape index (κ3) is 6.82. The van der Waals surface area contributed by atoms with Crippen molar-refractivity contribution in [2.45, 2.75) is 51.2 Å². The van der Waals surface area contributed by atoms with Gasteiger partial charge in [-0.3, -0.25) is 29.4 Å². The maximum atomic E-state index is 13.1. The average Bonchev–Trinajstić information content (AvgIpc) is 3.32. The van der Waals surface area contributed by atoms with E-state index in [0.717, 1.165) is 27.5 Å². The van der Waals surface area contributed by atoms with Crippen molar-refractivity contribution in [2.24, 2.45) is 0 Å². The molecule has 1 atom stereocenters. The number of nitrogens with two attached hydrogens (primary N) is 1. The molecular formula is C36H36N6O6. The first kappa shape index (κ1) is 32.2. The van der Waals surface area contributed by atoms with Crippen LogP contribution in [0.1, 0.15) is 70.6 Å². The minimum atomic E-state index is -0.987. The molecule has 12 nitrogen and oxygen atoms in total. The standard InChI is InChI=1S/C36H36N6O6/c1-36(2,23-6-11-27(12-7-23)48-21-25-16-18-39-35(37)40-25)22-4-9-26(10-5-22)47-19-3-17-38-24-8-13-28-29(20-24)34(46)42(33(28)45)30-14-15-31(43)41-32(30)44/h4-13,16,18,20,30,38H,3,14-15,17,19,21H2,1-2H3,(H2,37,39,40)(H,41,43,44). The number of aromatic nitrogens is 2. The summed E-state index contributed by atoms with van der Waals surface area (Å²) in [6.45, 7) is 5.70. The van der Waals surface area contributed by atoms with Crippen LogP contribution < -0.4 is 25.8 Å². The van der Waals surface area contributed by atoms with Gasteiger partial charge in [-0.15, -0.1) is 0 Å². The van der Waals surface area contributed by atoms with Crippen LogP contribution in [0.25, 0.3) is 0 Å². The monoisotopic (exact) mass is 648 g/mol. The van der Waals surface area contributed by atoms with E-state index in [4.69, 9.17) is 15.2 Å². The lowest BCUT2D eigenvalue weighted by Crippen LogP contribution is -2.54. The van der Waals surface area contributed by atoms with E-state index in [1.165, 1.54) is 0 Å². The van der Waals surface area contributed by atoms with Crippen LogP contribution in [0.4, 0.5) is 11.6 Å². The Morgan fingerprint density at radius 1 is 0.896 bits per heavy atom. The summed E-state index contributed by atoms with van der Waals surface area (Å²) in [5.74, 6) is -0.371. The minimum Gasteiger partial charge on any atom is -0.494 e. The van der Waals surface area contributed by atoms with Crippen LogP contribution in [0.3, 0.4) is 0 Å². The molecule has 4 aromatic rings. The molecule has 48 heavy (non-hydrogen) atoms. The molecule has 4 amide bonds. The number of nitrogens with one attached hydrogen (secondary N) is 2. The second-order valence-electron chi connectivity index (χ2n) is 12.2. The molecule has 2 aliphatic heterocycles. The number of nitrogens with zero attached hydrogens (tertiary/aromatic N) is 3. The van der Waals surface area contributed by atoms with Crippen molar-refractivity contribution >= 4 is 35.3 Å². The average molecular weight is 649 g/mol. The number of amides is 4. The van der Waals surface area contributed by atoms with E-state index in [1.54, 1.807) is 30.5 Å². The van der Waals surface area contributed by atoms with Crippen LogP contribution in [0.5, 0.6) is 11.5 Å². The molecule has 1 aromatic heterocycles. The largest absolute Gasteiger partial charge is 0.494 e. The molecule has 0 bridgehead atoms. The molecule has 246 valence electrons. The summed E-state index contributed by atoms with van der Waals surface area (Å²) in [4.78, 5) is 58.8. The topological polar surface area (TPSA) is 166 Å². The summed E-state index contributed by atoms with van der Waals surface area (Å²) in [5, 5.41) is 5.47. The molecule has 2 aliphatic rings. The second kappa shape index (κ2) is 13.5. The first-order valence-electron chi connectivity index (χ1n) is 15.7. The maximum Gasteiger partial charge on any atom is 0.262 e. The Kier molecular flexibility index (Phi) is 9.06. The normalized spacial score (nSPS) is 16.0. The zero-order valence-corrected chi connectivity index (χ0v) is 26.7. The Morgan fingerprint density at radius 2 is 1.56 bits per heavy atom. The van der Waals surface area contributed by atoms with E-state index in [2.05, 4.69) is 58.7 Å². The fourth-order valence-corrected chi connectivity index (χ4v) is 5.83. The molecule has 0 radical (unpaired) electrons. The molecule has 3 heterocycles. The van der Waals surface area contributed by atoms with Gasteiger partial charge in [-0.05, 0) is 72.5 Å². The van der Waals surface area contributed by atoms with E-state index in [9.17, 15) is 19.2 Å². The first-order chi connectivity index (χ1) is 23.1. The zero-order valence-electron chi connectivity index (χ0n) is 26.7. The highest BCUT2D eigenvalue weighted by Crippen LogP contribution is 2.34. The molecule has 0 aliphatic carbocycles. The summed E-state index contributed by atoms with van der Waals surface area (Å²) in [5.41, 5.74) is 9.56. The van der Waals surface area contributed by atoms with Gasteiger partial charge in [0.1, 0.15) is 24.1 Å². The van der Waals surface area contributed by atoms with Gasteiger partial charge in [0.05, 0.1) is 23.4 Å². The minimum absolute atomic E-state index is 0.0794. The van der Waals surface area contributed by atoms with E-state index >= 15 is 0 Å². The number of imide groups is 2. The molecule has 12 heteroatoms. The molecule has 6 rings (SSSR count). The van der Waals surface area contributed by atoms with Gasteiger partial charge < -0.3 is 20.5 Å². The Labute approximate surface area is 277 Å². The predicted molar refractivity (Wildman–Crippen MR) is 178 cm³/mol. The molecule has 0 saturated carbocycles. The van der Waals surface area contributed by atoms with Gasteiger partial charge in [-0.25, -0.2) is 9.97 Å². The highest BCUT2D eigenvalue weighted by Gasteiger charge is 2.44. The number of hydrogen-bond donors (Lipinski definition) is 3. The fourth-order valence-electron chi connectivity index (χ4n) is 5.83. The Bertz CT molecular complexity index is 1860. The van der Waals surface area contributed by atoms with Crippen LogP contribution in [0.15, 0.2) is 79.0 Å². The number of benzene rings is 3. The number of piperidine rings is 1. The fraction of sp³-hybridized carbons (Fsp3) is 0.278. The van der Waals surface area contributed by atoms with E-state index in [1.807, 2.05) is 24.3 Å². The maximum absolute atomic E-state index is 13.1. The van der Waals surface area contributed by atoms with Crippen molar-refractivity contribution in [1.29, 1.82) is 0 Å². The lowest BCUT2D eigenvalue weighted by molar-refractivity contribution is -0.136. The Morgan fingerprint density at radius 3 is 2.23 bits per heavy atom. The number of carbonyl (C=O) groups is 4. The number of fused-ring (bicyclic) bond motifs is 1. The van der Waals surface area contributed by atoms with E-state index in [-0.39, 0.29) is 35.3 Å². The van der Waals surface area contributed by atoms with Gasteiger partial charge in [0.15, 0.2) is 0 Å². The van der Waals surface area contributed by atoms with Gasteiger partial charge in [0.25, 0.3) is 11.8 Å². The van der Waals surface area contributed by atoms with Crippen molar-refractivity contribution < 1.29 is 28.7 Å². The van der Waals surface area contributed by atoms with Gasteiger partial charge in [0.2, 0.25) is 17.8 Å². The van der Waals surface area contributed by atoms with Gasteiger partial charge in [0, 0.05) is 30.3 Å². The lowest BCUT2D eigenvalue weighted by Gasteiger charge is -2.27. The predicted octanol–water partition coefficient (Wildman–Crippen LogP) is 4.25. The van der Waals surface area contributed by atoms with Crippen LogP contribution in [-0.2, 0) is 21.6 Å². The van der Waals surface area contributed by atoms with Crippen molar-refractivity contribution in [1.82, 2.24) is 20.2 Å². The highest BCUT2D eigenvalue weighted by atomic mass is 16.5. The second-order valence-corrected chi connectivity index (χ2v) is 12.2. The van der Waals surface area contributed by atoms with Crippen molar-refractivity contribution in [3.63, 3.8) is 0 Å². The first-order valence-corrected chi connectivity index (χ1v) is 15.7. The highest BCUT2D eigenvalue weighted by molar-refractivity contribution is 6.23. The third-order valence-corrected chi connectivity index (χ3v) is 8.63. The van der Waals surface area contributed by atoms with Crippen molar-refractivity contribution in [3.05, 3.63) is 107 Å². The number of hydrogen-bond acceptors (Lipinski definition) is 10. The van der Waals surface area contributed by atoms with Gasteiger partial charge in [-0.2, -0.15) is 0 Å². The van der Waals surface area contributed by atoms with Gasteiger partial charge in [-0.1, -0.05) is 38.1 Å². The summed E-state index contributed by atoms with van der Waals surface area (Å²) < 4.78 is 11.8. The SMILES string of the molecule is CC(C)(c1ccc(OCCCNc2ccc3c(c2)C(=O)N(C2CCC(=O)NC2=O)C3=O)cc1)c1ccc(OCc2ccnc(N)n2)cc1. The molecule has 1 fully saturated rings. The number of ether oxygens (including phenoxy) is 2. The quantitative estimate of drug-likeness (QED) is 0.149. The van der Waals surface area contributed by atoms with Gasteiger partial charge >= 0.3 is 0 Å². The molecule has 0 spiro atoms. The zero-order chi connectivity index (χ0) is 33.8. The molecule has 1 unspecified atom stereocenters. The van der Waals surface area contributed by atoms with Crippen LogP contribution in [0.2, 0.25) is 0 Å². The third-order valence-electron chi connectivity index (χ3n) is 8.63. The summed E-state index contributed by atoms with van der Waals surface area (Å²) in [6.07, 6.45) is 2.50. The van der Waals surface area contributed by atoms with Crippen molar-refractivity contribution in [3.8, 4) is 11.5 Å². The Hall–Kier alpha value is -5.78. The number of anilines is 2. The van der Waals surface area contributed by atoms with Crippen molar-refractivity contribution in [2.75, 3.05) is 24.2 Å². The number of carbonyl (C=O) groups excluding carboxylic acids is 4. The Balaban J connectivity index is 0.966. The smallest absolute Gasteiger partial charge is 0.262 e. The molecule has 4 N–H and O–H groups in total. The summed E-state index contributed by atoms with van der Waals surface area (Å²) in [7, 11) is 0. The molecular weight excluding hydrogens is 612 g/mol. The lowest BCUT2D eigenvalue weighted by atomic mass is 9.78. The number of nitrogen functional groups attached to an aromatic ring is 1. The molecule has 3 aromatic carbocycles. The molecule has 1 saturated heterocycles. The summed E-state index contributed by atoms with van der Waals surface area (Å²) in [6, 6.07) is 21.8.